The van der Waals surface area contributed by atoms with Crippen molar-refractivity contribution in [3.8, 4) is 0 Å². The van der Waals surface area contributed by atoms with Crippen molar-refractivity contribution in [2.45, 2.75) is 31.7 Å². The summed E-state index contributed by atoms with van der Waals surface area (Å²) in [4.78, 5) is 28.9. The molecule has 1 atom stereocenters. The number of nitrogens with one attached hydrogen (secondary N) is 1. The molecule has 0 radical (unpaired) electrons. The van der Waals surface area contributed by atoms with Crippen molar-refractivity contribution in [3.05, 3.63) is 35.9 Å². The van der Waals surface area contributed by atoms with Crippen molar-refractivity contribution in [2.24, 2.45) is 0 Å². The van der Waals surface area contributed by atoms with Crippen molar-refractivity contribution in [2.75, 3.05) is 32.7 Å². The van der Waals surface area contributed by atoms with Crippen molar-refractivity contribution in [3.63, 3.8) is 0 Å². The van der Waals surface area contributed by atoms with Gasteiger partial charge in [-0.2, -0.15) is 0 Å². The first-order valence-corrected chi connectivity index (χ1v) is 8.59. The molecule has 0 bridgehead atoms. The Hall–Kier alpha value is -1.88. The molecule has 0 unspecified atom stereocenters. The Labute approximate surface area is 137 Å². The topological polar surface area (TPSA) is 52.7 Å². The molecule has 3 rings (SSSR count). The van der Waals surface area contributed by atoms with E-state index in [-0.39, 0.29) is 11.8 Å². The number of carbonyl (C=O) groups is 2. The smallest absolute Gasteiger partial charge is 0.251 e. The van der Waals surface area contributed by atoms with Gasteiger partial charge in [-0.3, -0.25) is 14.5 Å². The van der Waals surface area contributed by atoms with Crippen LogP contribution in [0.3, 0.4) is 0 Å². The van der Waals surface area contributed by atoms with Gasteiger partial charge in [0.25, 0.3) is 5.91 Å². The first kappa shape index (κ1) is 16.0. The van der Waals surface area contributed by atoms with E-state index in [1.54, 1.807) is 12.1 Å². The lowest BCUT2D eigenvalue weighted by molar-refractivity contribution is -0.131. The van der Waals surface area contributed by atoms with Gasteiger partial charge in [0.1, 0.15) is 0 Å². The summed E-state index contributed by atoms with van der Waals surface area (Å²) in [6.07, 6.45) is 3.89. The van der Waals surface area contributed by atoms with E-state index in [1.807, 2.05) is 23.1 Å². The van der Waals surface area contributed by atoms with Gasteiger partial charge in [-0.1, -0.05) is 18.2 Å². The first-order chi connectivity index (χ1) is 11.2. The van der Waals surface area contributed by atoms with Crippen molar-refractivity contribution < 1.29 is 9.59 Å². The highest BCUT2D eigenvalue weighted by Gasteiger charge is 2.30. The SMILES string of the molecule is O=C(NCCC(=O)N1CCCN2CCC[C@@H]2C1)c1ccccc1. The van der Waals surface area contributed by atoms with Crippen LogP contribution in [-0.4, -0.2) is 60.4 Å². The summed E-state index contributed by atoms with van der Waals surface area (Å²) in [5, 5.41) is 2.83. The zero-order valence-electron chi connectivity index (χ0n) is 13.5. The fraction of sp³-hybridized carbons (Fsp3) is 0.556. The third-order valence-corrected chi connectivity index (χ3v) is 4.82. The lowest BCUT2D eigenvalue weighted by Gasteiger charge is -2.25. The minimum atomic E-state index is -0.115. The molecule has 2 heterocycles. The molecule has 2 fully saturated rings. The fourth-order valence-electron chi connectivity index (χ4n) is 3.57. The maximum Gasteiger partial charge on any atom is 0.251 e. The number of rotatable bonds is 4. The van der Waals surface area contributed by atoms with E-state index >= 15 is 0 Å². The second kappa shape index (κ2) is 7.59. The predicted molar refractivity (Wildman–Crippen MR) is 89.2 cm³/mol. The summed E-state index contributed by atoms with van der Waals surface area (Å²) >= 11 is 0. The summed E-state index contributed by atoms with van der Waals surface area (Å²) in [6.45, 7) is 4.39. The van der Waals surface area contributed by atoms with E-state index in [4.69, 9.17) is 0 Å². The van der Waals surface area contributed by atoms with Gasteiger partial charge in [-0.05, 0) is 37.9 Å². The molecular formula is C18H25N3O2. The standard InChI is InChI=1S/C18H25N3O2/c22-17(9-10-19-18(23)15-6-2-1-3-7-15)21-13-5-12-20-11-4-8-16(20)14-21/h1-3,6-7,16H,4-5,8-14H2,(H,19,23)/t16-/m1/s1. The molecule has 1 N–H and O–H groups in total. The Morgan fingerprint density at radius 3 is 2.70 bits per heavy atom. The Morgan fingerprint density at radius 2 is 1.87 bits per heavy atom. The highest BCUT2D eigenvalue weighted by Crippen LogP contribution is 2.21. The molecule has 1 aromatic carbocycles. The van der Waals surface area contributed by atoms with Crippen LogP contribution in [0.4, 0.5) is 0 Å². The van der Waals surface area contributed by atoms with Crippen LogP contribution in [0.15, 0.2) is 30.3 Å². The number of amides is 2. The molecule has 2 saturated heterocycles. The van der Waals surface area contributed by atoms with Crippen LogP contribution in [0.5, 0.6) is 0 Å². The van der Waals surface area contributed by atoms with Gasteiger partial charge in [0.15, 0.2) is 0 Å². The number of hydrogen-bond donors (Lipinski definition) is 1. The van der Waals surface area contributed by atoms with Gasteiger partial charge in [0.05, 0.1) is 0 Å². The zero-order chi connectivity index (χ0) is 16.1. The van der Waals surface area contributed by atoms with Gasteiger partial charge >= 0.3 is 0 Å². The summed E-state index contributed by atoms with van der Waals surface area (Å²) in [5.41, 5.74) is 0.635. The van der Waals surface area contributed by atoms with E-state index in [0.29, 0.717) is 24.6 Å². The van der Waals surface area contributed by atoms with E-state index in [9.17, 15) is 9.59 Å². The van der Waals surface area contributed by atoms with E-state index < -0.39 is 0 Å². The number of carbonyl (C=O) groups excluding carboxylic acids is 2. The van der Waals surface area contributed by atoms with Crippen LogP contribution in [0, 0.1) is 0 Å². The molecule has 124 valence electrons. The summed E-state index contributed by atoms with van der Waals surface area (Å²) in [6, 6.07) is 9.66. The summed E-state index contributed by atoms with van der Waals surface area (Å²) < 4.78 is 0. The normalized spacial score (nSPS) is 21.6. The van der Waals surface area contributed by atoms with Crippen LogP contribution in [0.25, 0.3) is 0 Å². The van der Waals surface area contributed by atoms with Gasteiger partial charge < -0.3 is 10.2 Å². The van der Waals surface area contributed by atoms with Crippen LogP contribution >= 0.6 is 0 Å². The Bertz CT molecular complexity index is 546. The molecule has 1 aromatic rings. The van der Waals surface area contributed by atoms with E-state index in [2.05, 4.69) is 10.2 Å². The van der Waals surface area contributed by atoms with Crippen LogP contribution in [0.2, 0.25) is 0 Å². The minimum Gasteiger partial charge on any atom is -0.352 e. The van der Waals surface area contributed by atoms with Gasteiger partial charge in [0.2, 0.25) is 5.91 Å². The third kappa shape index (κ3) is 4.10. The van der Waals surface area contributed by atoms with Gasteiger partial charge in [-0.25, -0.2) is 0 Å². The molecular weight excluding hydrogens is 290 g/mol. The van der Waals surface area contributed by atoms with E-state index in [0.717, 1.165) is 26.1 Å². The maximum atomic E-state index is 12.4. The largest absolute Gasteiger partial charge is 0.352 e. The number of benzene rings is 1. The lowest BCUT2D eigenvalue weighted by atomic mass is 10.2. The summed E-state index contributed by atoms with van der Waals surface area (Å²) in [5.74, 6) is 0.0448. The van der Waals surface area contributed by atoms with E-state index in [1.165, 1.54) is 19.4 Å². The highest BCUT2D eigenvalue weighted by molar-refractivity contribution is 5.94. The third-order valence-electron chi connectivity index (χ3n) is 4.82. The van der Waals surface area contributed by atoms with Crippen LogP contribution in [-0.2, 0) is 4.79 Å². The van der Waals surface area contributed by atoms with Gasteiger partial charge in [0, 0.05) is 44.2 Å². The molecule has 23 heavy (non-hydrogen) atoms. The zero-order valence-corrected chi connectivity index (χ0v) is 13.5. The average Bonchev–Trinajstić information content (AvgIpc) is 2.92. The van der Waals surface area contributed by atoms with Crippen molar-refractivity contribution >= 4 is 11.8 Å². The quantitative estimate of drug-likeness (QED) is 0.916. The number of fused-ring (bicyclic) bond motifs is 1. The van der Waals surface area contributed by atoms with Crippen LogP contribution in [0.1, 0.15) is 36.0 Å². The Balaban J connectivity index is 1.45. The second-order valence-corrected chi connectivity index (χ2v) is 6.40. The summed E-state index contributed by atoms with van der Waals surface area (Å²) in [7, 11) is 0. The monoisotopic (exact) mass is 315 g/mol. The maximum absolute atomic E-state index is 12.4. The number of nitrogens with zero attached hydrogens (tertiary/aromatic N) is 2. The molecule has 2 aliphatic rings. The van der Waals surface area contributed by atoms with Crippen LogP contribution < -0.4 is 5.32 Å². The number of hydrogen-bond acceptors (Lipinski definition) is 3. The molecule has 2 aliphatic heterocycles. The fourth-order valence-corrected chi connectivity index (χ4v) is 3.57. The molecule has 5 heteroatoms. The molecule has 5 nitrogen and oxygen atoms in total. The average molecular weight is 315 g/mol. The molecule has 0 spiro atoms. The Kier molecular flexibility index (Phi) is 5.28. The molecule has 0 saturated carbocycles. The Morgan fingerprint density at radius 1 is 1.09 bits per heavy atom. The predicted octanol–water partition coefficient (Wildman–Crippen LogP) is 1.50. The minimum absolute atomic E-state index is 0.115. The van der Waals surface area contributed by atoms with Crippen molar-refractivity contribution in [1.82, 2.24) is 15.1 Å². The lowest BCUT2D eigenvalue weighted by Crippen LogP contribution is -2.40. The van der Waals surface area contributed by atoms with Gasteiger partial charge in [-0.15, -0.1) is 0 Å². The molecule has 2 amide bonds. The second-order valence-electron chi connectivity index (χ2n) is 6.40. The molecule has 0 aliphatic carbocycles. The van der Waals surface area contributed by atoms with Crippen molar-refractivity contribution in [1.29, 1.82) is 0 Å². The highest BCUT2D eigenvalue weighted by atomic mass is 16.2. The first-order valence-electron chi connectivity index (χ1n) is 8.59. The molecule has 0 aromatic heterocycles.